The molecule has 3 rings (SSSR count). The van der Waals surface area contributed by atoms with Crippen molar-refractivity contribution in [1.82, 2.24) is 0 Å². The average Bonchev–Trinajstić information content (AvgIpc) is 2.58. The fourth-order valence-corrected chi connectivity index (χ4v) is 5.79. The van der Waals surface area contributed by atoms with Crippen LogP contribution in [0.5, 0.6) is 0 Å². The minimum absolute atomic E-state index is 0.0524. The molecule has 3 heterocycles. The van der Waals surface area contributed by atoms with Crippen LogP contribution >= 0.6 is 0 Å². The molecule has 3 atom stereocenters. The number of hydrogen-bond donors (Lipinski definition) is 1. The monoisotopic (exact) mass is 307 g/mol. The van der Waals surface area contributed by atoms with Crippen molar-refractivity contribution in [2.24, 2.45) is 5.41 Å². The molecular weight excluding hydrogens is 272 g/mol. The summed E-state index contributed by atoms with van der Waals surface area (Å²) in [6.07, 6.45) is 12.7. The van der Waals surface area contributed by atoms with Crippen LogP contribution in [-0.4, -0.2) is 22.1 Å². The summed E-state index contributed by atoms with van der Waals surface area (Å²) in [6, 6.07) is 0. The SMILES string of the molecule is CCC1=CCC[C@@]2(C)CCC[C@@]3(C)CCCC(C)(C)[C@]1(O)[O+]32. The van der Waals surface area contributed by atoms with Crippen molar-refractivity contribution in [3.05, 3.63) is 11.6 Å². The molecule has 2 fully saturated rings. The van der Waals surface area contributed by atoms with E-state index in [1.54, 1.807) is 0 Å². The Hall–Kier alpha value is -0.340. The highest BCUT2D eigenvalue weighted by Crippen LogP contribution is 2.62. The van der Waals surface area contributed by atoms with Gasteiger partial charge >= 0.3 is 5.79 Å². The summed E-state index contributed by atoms with van der Waals surface area (Å²) in [4.78, 5) is 0. The Morgan fingerprint density at radius 1 is 0.955 bits per heavy atom. The molecule has 0 aliphatic carbocycles. The van der Waals surface area contributed by atoms with E-state index >= 15 is 0 Å². The van der Waals surface area contributed by atoms with E-state index in [2.05, 4.69) is 45.1 Å². The predicted octanol–water partition coefficient (Wildman–Crippen LogP) is 5.27. The minimum Gasteiger partial charge on any atom is -0.383 e. The lowest BCUT2D eigenvalue weighted by atomic mass is 9.74. The van der Waals surface area contributed by atoms with Crippen LogP contribution in [0.25, 0.3) is 0 Å². The van der Waals surface area contributed by atoms with Crippen molar-refractivity contribution in [2.45, 2.75) is 109 Å². The maximum atomic E-state index is 12.2. The van der Waals surface area contributed by atoms with Crippen molar-refractivity contribution in [2.75, 3.05) is 0 Å². The standard InChI is InChI=1S/C20H35O2/c1-6-16-10-7-12-18(4)14-9-15-19(5)13-8-11-17(2,3)20(16,21)22(18)19/h10,21H,6-9,11-15H2,1-5H3/q+1/t18-,19+,20+/m0/s1. The van der Waals surface area contributed by atoms with Crippen LogP contribution in [0.2, 0.25) is 0 Å². The van der Waals surface area contributed by atoms with Crippen molar-refractivity contribution < 1.29 is 9.47 Å². The summed E-state index contributed by atoms with van der Waals surface area (Å²) in [5.74, 6) is -0.862. The highest BCUT2D eigenvalue weighted by molar-refractivity contribution is 5.23. The van der Waals surface area contributed by atoms with Gasteiger partial charge in [-0.25, -0.2) is 0 Å². The second kappa shape index (κ2) is 5.08. The Labute approximate surface area is 136 Å². The number of hydrogen-bond acceptors (Lipinski definition) is 1. The third kappa shape index (κ3) is 2.06. The lowest BCUT2D eigenvalue weighted by Gasteiger charge is -2.58. The molecule has 0 aromatic heterocycles. The molecule has 0 amide bonds. The molecule has 3 aliphatic heterocycles. The van der Waals surface area contributed by atoms with Gasteiger partial charge in [-0.2, -0.15) is 0 Å². The van der Waals surface area contributed by atoms with Crippen LogP contribution in [-0.2, 0) is 4.37 Å². The second-order valence-electron chi connectivity index (χ2n) is 9.06. The Balaban J connectivity index is 2.25. The van der Waals surface area contributed by atoms with Gasteiger partial charge in [-0.15, -0.1) is 0 Å². The highest BCUT2D eigenvalue weighted by atomic mass is 16.8. The zero-order valence-corrected chi connectivity index (χ0v) is 15.3. The Morgan fingerprint density at radius 3 is 2.09 bits per heavy atom. The van der Waals surface area contributed by atoms with E-state index in [9.17, 15) is 5.11 Å². The molecule has 0 aromatic rings. The van der Waals surface area contributed by atoms with Crippen LogP contribution in [0, 0.1) is 5.41 Å². The summed E-state index contributed by atoms with van der Waals surface area (Å²) in [5.41, 5.74) is 1.23. The van der Waals surface area contributed by atoms with Gasteiger partial charge in [0.2, 0.25) is 0 Å². The first kappa shape index (κ1) is 16.5. The maximum absolute atomic E-state index is 12.2. The summed E-state index contributed by atoms with van der Waals surface area (Å²) < 4.78 is 3.71. The van der Waals surface area contributed by atoms with Gasteiger partial charge in [-0.3, -0.25) is 0 Å². The molecule has 2 nitrogen and oxygen atoms in total. The molecule has 3 aliphatic rings. The lowest BCUT2D eigenvalue weighted by molar-refractivity contribution is -0.480. The Bertz CT molecular complexity index is 480. The first-order chi connectivity index (χ1) is 10.2. The molecule has 1 N–H and O–H groups in total. The molecule has 0 saturated carbocycles. The van der Waals surface area contributed by atoms with Crippen LogP contribution in [0.1, 0.15) is 92.4 Å². The molecule has 0 radical (unpaired) electrons. The average molecular weight is 307 g/mol. The third-order valence-electron chi connectivity index (χ3n) is 7.00. The van der Waals surface area contributed by atoms with E-state index in [1.165, 1.54) is 37.7 Å². The van der Waals surface area contributed by atoms with Gasteiger partial charge in [0.1, 0.15) is 0 Å². The molecular formula is C20H35O2+. The highest BCUT2D eigenvalue weighted by Gasteiger charge is 2.69. The maximum Gasteiger partial charge on any atom is 0.302 e. The number of allylic oxidation sites excluding steroid dienone is 1. The molecule has 126 valence electrons. The van der Waals surface area contributed by atoms with Gasteiger partial charge in [0.25, 0.3) is 0 Å². The van der Waals surface area contributed by atoms with Crippen LogP contribution < -0.4 is 0 Å². The van der Waals surface area contributed by atoms with Crippen molar-refractivity contribution in [1.29, 1.82) is 0 Å². The minimum atomic E-state index is -0.862. The van der Waals surface area contributed by atoms with Gasteiger partial charge in [0.15, 0.2) is 11.2 Å². The first-order valence-electron chi connectivity index (χ1n) is 9.36. The Kier molecular flexibility index (Phi) is 3.81. The number of aliphatic hydroxyl groups is 1. The van der Waals surface area contributed by atoms with Crippen LogP contribution in [0.15, 0.2) is 11.6 Å². The van der Waals surface area contributed by atoms with E-state index in [1.807, 2.05) is 0 Å². The molecule has 22 heavy (non-hydrogen) atoms. The summed E-state index contributed by atoms with van der Waals surface area (Å²) in [5, 5.41) is 12.2. The van der Waals surface area contributed by atoms with Gasteiger partial charge in [-0.05, 0) is 46.0 Å². The molecule has 2 heteroatoms. The topological polar surface area (TPSA) is 22.9 Å². The number of rotatable bonds is 1. The van der Waals surface area contributed by atoms with Crippen molar-refractivity contribution in [3.63, 3.8) is 0 Å². The van der Waals surface area contributed by atoms with Crippen LogP contribution in [0.3, 0.4) is 0 Å². The summed E-state index contributed by atoms with van der Waals surface area (Å²) in [6.45, 7) is 11.5. The van der Waals surface area contributed by atoms with Gasteiger partial charge in [0.05, 0.1) is 5.41 Å². The molecule has 0 aromatic carbocycles. The Morgan fingerprint density at radius 2 is 1.50 bits per heavy atom. The molecule has 0 unspecified atom stereocenters. The van der Waals surface area contributed by atoms with Crippen LogP contribution in [0.4, 0.5) is 0 Å². The zero-order valence-electron chi connectivity index (χ0n) is 15.3. The largest absolute Gasteiger partial charge is 0.383 e. The zero-order chi connectivity index (χ0) is 16.2. The van der Waals surface area contributed by atoms with E-state index < -0.39 is 5.79 Å². The molecule has 0 spiro atoms. The second-order valence-corrected chi connectivity index (χ2v) is 9.06. The third-order valence-corrected chi connectivity index (χ3v) is 7.00. The van der Waals surface area contributed by atoms with Gasteiger partial charge < -0.3 is 9.47 Å². The van der Waals surface area contributed by atoms with Gasteiger partial charge in [0, 0.05) is 45.1 Å². The first-order valence-corrected chi connectivity index (χ1v) is 9.36. The van der Waals surface area contributed by atoms with E-state index in [0.717, 1.165) is 25.7 Å². The smallest absolute Gasteiger partial charge is 0.302 e. The quantitative estimate of drug-likeness (QED) is 0.517. The van der Waals surface area contributed by atoms with Crippen molar-refractivity contribution >= 4 is 0 Å². The van der Waals surface area contributed by atoms with Crippen molar-refractivity contribution in [3.8, 4) is 0 Å². The fraction of sp³-hybridized carbons (Fsp3) is 0.900. The summed E-state index contributed by atoms with van der Waals surface area (Å²) in [7, 11) is 0. The summed E-state index contributed by atoms with van der Waals surface area (Å²) >= 11 is 0. The molecule has 0 bridgehead atoms. The molecule has 2 saturated heterocycles. The van der Waals surface area contributed by atoms with E-state index in [4.69, 9.17) is 0 Å². The van der Waals surface area contributed by atoms with Gasteiger partial charge in [-0.1, -0.05) is 13.0 Å². The predicted molar refractivity (Wildman–Crippen MR) is 91.9 cm³/mol. The van der Waals surface area contributed by atoms with E-state index in [0.29, 0.717) is 0 Å². The lowest BCUT2D eigenvalue weighted by Crippen LogP contribution is -2.67. The normalized spacial score (nSPS) is 45.5. The van der Waals surface area contributed by atoms with E-state index in [-0.39, 0.29) is 16.6 Å². The fourth-order valence-electron chi connectivity index (χ4n) is 5.79.